The van der Waals surface area contributed by atoms with Gasteiger partial charge in [0.2, 0.25) is 5.95 Å². The third kappa shape index (κ3) is 1.90. The number of aromatic nitrogens is 3. The fourth-order valence-corrected chi connectivity index (χ4v) is 1.11. The van der Waals surface area contributed by atoms with Crippen LogP contribution >= 0.6 is 0 Å². The van der Waals surface area contributed by atoms with E-state index in [2.05, 4.69) is 15.0 Å². The predicted octanol–water partition coefficient (Wildman–Crippen LogP) is -0.458. The van der Waals surface area contributed by atoms with E-state index in [0.29, 0.717) is 25.6 Å². The minimum atomic E-state index is -0.209. The average molecular weight is 182 g/mol. The second kappa shape index (κ2) is 3.63. The van der Waals surface area contributed by atoms with Gasteiger partial charge in [-0.15, -0.1) is 0 Å². The molecule has 0 bridgehead atoms. The van der Waals surface area contributed by atoms with Gasteiger partial charge >= 0.3 is 0 Å². The van der Waals surface area contributed by atoms with Crippen molar-refractivity contribution in [3.8, 4) is 0 Å². The highest BCUT2D eigenvalue weighted by Crippen LogP contribution is 2.16. The monoisotopic (exact) mass is 182 g/mol. The van der Waals surface area contributed by atoms with Crippen molar-refractivity contribution in [2.75, 3.05) is 25.6 Å². The van der Waals surface area contributed by atoms with Crippen LogP contribution in [0.2, 0.25) is 0 Å². The molecule has 1 atom stereocenters. The summed E-state index contributed by atoms with van der Waals surface area (Å²) in [5, 5.41) is 0. The third-order valence-corrected chi connectivity index (χ3v) is 1.71. The van der Waals surface area contributed by atoms with Crippen LogP contribution < -0.4 is 5.73 Å². The molecule has 0 amide bonds. The van der Waals surface area contributed by atoms with E-state index in [9.17, 15) is 0 Å². The van der Waals surface area contributed by atoms with Crippen LogP contribution in [0.1, 0.15) is 11.9 Å². The maximum absolute atomic E-state index is 5.41. The molecule has 1 fully saturated rings. The lowest BCUT2D eigenvalue weighted by molar-refractivity contribution is -0.0935. The van der Waals surface area contributed by atoms with E-state index in [4.69, 9.17) is 15.2 Å². The van der Waals surface area contributed by atoms with Gasteiger partial charge in [-0.1, -0.05) is 0 Å². The summed E-state index contributed by atoms with van der Waals surface area (Å²) in [7, 11) is 0. The van der Waals surface area contributed by atoms with Crippen molar-refractivity contribution in [3.05, 3.63) is 12.2 Å². The fraction of sp³-hybridized carbons (Fsp3) is 0.571. The van der Waals surface area contributed by atoms with Crippen molar-refractivity contribution in [1.29, 1.82) is 0 Å². The summed E-state index contributed by atoms with van der Waals surface area (Å²) < 4.78 is 10.6. The van der Waals surface area contributed by atoms with Gasteiger partial charge in [-0.05, 0) is 0 Å². The molecule has 0 aliphatic carbocycles. The van der Waals surface area contributed by atoms with Gasteiger partial charge in [0.05, 0.1) is 19.8 Å². The normalized spacial score (nSPS) is 22.9. The summed E-state index contributed by atoms with van der Waals surface area (Å²) in [6, 6.07) is 0. The van der Waals surface area contributed by atoms with Crippen LogP contribution in [0.25, 0.3) is 0 Å². The molecule has 0 saturated carbocycles. The molecule has 1 saturated heterocycles. The van der Waals surface area contributed by atoms with Gasteiger partial charge in [-0.2, -0.15) is 4.98 Å². The van der Waals surface area contributed by atoms with Gasteiger partial charge < -0.3 is 15.2 Å². The Bertz CT molecular complexity index is 288. The minimum Gasteiger partial charge on any atom is -0.376 e. The van der Waals surface area contributed by atoms with Crippen LogP contribution in [0, 0.1) is 0 Å². The summed E-state index contributed by atoms with van der Waals surface area (Å²) in [6.45, 7) is 1.66. The number of hydrogen-bond acceptors (Lipinski definition) is 6. The zero-order valence-electron chi connectivity index (χ0n) is 7.01. The summed E-state index contributed by atoms with van der Waals surface area (Å²) >= 11 is 0. The maximum atomic E-state index is 5.41. The van der Waals surface area contributed by atoms with Crippen molar-refractivity contribution < 1.29 is 9.47 Å². The highest BCUT2D eigenvalue weighted by atomic mass is 16.6. The summed E-state index contributed by atoms with van der Waals surface area (Å²) in [6.07, 6.45) is 1.16. The fourth-order valence-electron chi connectivity index (χ4n) is 1.11. The molecule has 6 heteroatoms. The third-order valence-electron chi connectivity index (χ3n) is 1.71. The van der Waals surface area contributed by atoms with Crippen molar-refractivity contribution >= 4 is 5.95 Å². The standard InChI is InChI=1S/C7H10N4O2/c8-7-10-4-9-6(11-7)5-3-12-1-2-13-5/h4-5H,1-3H2,(H2,8,9,10,11). The zero-order valence-corrected chi connectivity index (χ0v) is 7.01. The Kier molecular flexibility index (Phi) is 2.33. The van der Waals surface area contributed by atoms with Crippen molar-refractivity contribution in [3.63, 3.8) is 0 Å². The lowest BCUT2D eigenvalue weighted by atomic mass is 10.3. The summed E-state index contributed by atoms with van der Waals surface area (Å²) in [4.78, 5) is 11.6. The molecule has 0 radical (unpaired) electrons. The van der Waals surface area contributed by atoms with Crippen LogP contribution in [-0.2, 0) is 9.47 Å². The predicted molar refractivity (Wildman–Crippen MR) is 43.8 cm³/mol. The molecular weight excluding hydrogens is 172 g/mol. The van der Waals surface area contributed by atoms with Crippen molar-refractivity contribution in [2.45, 2.75) is 6.10 Å². The van der Waals surface area contributed by atoms with Gasteiger partial charge in [0, 0.05) is 0 Å². The van der Waals surface area contributed by atoms with Crippen molar-refractivity contribution in [1.82, 2.24) is 15.0 Å². The second-order valence-electron chi connectivity index (χ2n) is 2.64. The molecule has 1 aliphatic heterocycles. The molecule has 2 rings (SSSR count). The molecule has 0 spiro atoms. The van der Waals surface area contributed by atoms with Gasteiger partial charge in [0.15, 0.2) is 5.82 Å². The summed E-state index contributed by atoms with van der Waals surface area (Å²) in [5.74, 6) is 0.742. The number of nitrogen functional groups attached to an aromatic ring is 1. The number of nitrogens with two attached hydrogens (primary N) is 1. The van der Waals surface area contributed by atoms with E-state index < -0.39 is 0 Å². The van der Waals surface area contributed by atoms with Gasteiger partial charge in [-0.3, -0.25) is 0 Å². The second-order valence-corrected chi connectivity index (χ2v) is 2.64. The van der Waals surface area contributed by atoms with E-state index in [1.807, 2.05) is 0 Å². The lowest BCUT2D eigenvalue weighted by Crippen LogP contribution is -2.24. The molecule has 1 unspecified atom stereocenters. The molecule has 6 nitrogen and oxygen atoms in total. The van der Waals surface area contributed by atoms with E-state index >= 15 is 0 Å². The molecule has 1 aromatic rings. The first-order valence-corrected chi connectivity index (χ1v) is 4.00. The quantitative estimate of drug-likeness (QED) is 0.632. The molecule has 1 aromatic heterocycles. The highest BCUT2D eigenvalue weighted by molar-refractivity contribution is 5.13. The first-order chi connectivity index (χ1) is 6.36. The number of nitrogens with zero attached hydrogens (tertiary/aromatic N) is 3. The molecule has 2 N–H and O–H groups in total. The van der Waals surface area contributed by atoms with Gasteiger partial charge in [0.25, 0.3) is 0 Å². The highest BCUT2D eigenvalue weighted by Gasteiger charge is 2.19. The van der Waals surface area contributed by atoms with Crippen LogP contribution in [0.15, 0.2) is 6.33 Å². The van der Waals surface area contributed by atoms with Crippen LogP contribution in [0.5, 0.6) is 0 Å². The van der Waals surface area contributed by atoms with Crippen LogP contribution in [0.4, 0.5) is 5.95 Å². The number of rotatable bonds is 1. The van der Waals surface area contributed by atoms with Gasteiger partial charge in [-0.25, -0.2) is 9.97 Å². The summed E-state index contributed by atoms with van der Waals surface area (Å²) in [5.41, 5.74) is 5.41. The molecule has 1 aliphatic rings. The maximum Gasteiger partial charge on any atom is 0.223 e. The van der Waals surface area contributed by atoms with Crippen molar-refractivity contribution in [2.24, 2.45) is 0 Å². The molecule has 0 aromatic carbocycles. The first kappa shape index (κ1) is 8.33. The molecule has 13 heavy (non-hydrogen) atoms. The Morgan fingerprint density at radius 1 is 1.38 bits per heavy atom. The molecule has 2 heterocycles. The number of ether oxygens (including phenoxy) is 2. The lowest BCUT2D eigenvalue weighted by Gasteiger charge is -2.21. The number of anilines is 1. The average Bonchev–Trinajstić information content (AvgIpc) is 2.19. The van der Waals surface area contributed by atoms with E-state index in [-0.39, 0.29) is 12.1 Å². The van der Waals surface area contributed by atoms with Crippen LogP contribution in [-0.4, -0.2) is 34.8 Å². The Balaban J connectivity index is 2.14. The van der Waals surface area contributed by atoms with E-state index in [0.717, 1.165) is 0 Å². The Labute approximate surface area is 75.1 Å². The Morgan fingerprint density at radius 3 is 3.00 bits per heavy atom. The van der Waals surface area contributed by atoms with E-state index in [1.54, 1.807) is 0 Å². The molecular formula is C7H10N4O2. The SMILES string of the molecule is Nc1ncnc(C2COCCO2)n1. The first-order valence-electron chi connectivity index (χ1n) is 4.00. The minimum absolute atomic E-state index is 0.208. The topological polar surface area (TPSA) is 83.2 Å². The molecule has 70 valence electrons. The largest absolute Gasteiger partial charge is 0.376 e. The smallest absolute Gasteiger partial charge is 0.223 e. The van der Waals surface area contributed by atoms with Gasteiger partial charge in [0.1, 0.15) is 12.4 Å². The number of hydrogen-bond donors (Lipinski definition) is 1. The zero-order chi connectivity index (χ0) is 9.10. The Morgan fingerprint density at radius 2 is 2.31 bits per heavy atom. The van der Waals surface area contributed by atoms with E-state index in [1.165, 1.54) is 6.33 Å². The van der Waals surface area contributed by atoms with Crippen LogP contribution in [0.3, 0.4) is 0 Å². The Hall–Kier alpha value is -1.27.